The van der Waals surface area contributed by atoms with E-state index in [1.54, 1.807) is 26.3 Å². The molecule has 24 heavy (non-hydrogen) atoms. The summed E-state index contributed by atoms with van der Waals surface area (Å²) in [6.07, 6.45) is 3.19. The van der Waals surface area contributed by atoms with Crippen molar-refractivity contribution in [1.82, 2.24) is 9.97 Å². The molecule has 0 aliphatic carbocycles. The number of carbonyl (C=O) groups is 1. The summed E-state index contributed by atoms with van der Waals surface area (Å²) in [6, 6.07) is 2.82. The summed E-state index contributed by atoms with van der Waals surface area (Å²) >= 11 is 0. The molecule has 122 valence electrons. The van der Waals surface area contributed by atoms with Gasteiger partial charge in [-0.2, -0.15) is 0 Å². The van der Waals surface area contributed by atoms with Crippen LogP contribution in [0.5, 0.6) is 0 Å². The van der Waals surface area contributed by atoms with Gasteiger partial charge in [0.2, 0.25) is 0 Å². The number of imidazole rings is 1. The molecule has 0 radical (unpaired) electrons. The monoisotopic (exact) mass is 324 g/mol. The molecule has 1 aromatic carbocycles. The van der Waals surface area contributed by atoms with Gasteiger partial charge in [-0.15, -0.1) is 0 Å². The molecule has 4 N–H and O–H groups in total. The van der Waals surface area contributed by atoms with Gasteiger partial charge in [0.25, 0.3) is 5.91 Å². The first-order chi connectivity index (χ1) is 11.3. The third kappa shape index (κ3) is 2.94. The number of nitrogens with zero attached hydrogens (tertiary/aromatic N) is 1. The van der Waals surface area contributed by atoms with Gasteiger partial charge >= 0.3 is 0 Å². The van der Waals surface area contributed by atoms with Crippen LogP contribution < -0.4 is 11.1 Å². The maximum atomic E-state index is 14.3. The average Bonchev–Trinajstić information content (AvgIpc) is 3.02. The quantitative estimate of drug-likeness (QED) is 0.556. The number of amides is 1. The molecule has 0 unspecified atom stereocenters. The summed E-state index contributed by atoms with van der Waals surface area (Å²) in [5.74, 6) is 4.81. The lowest BCUT2D eigenvalue weighted by molar-refractivity contribution is -0.110. The summed E-state index contributed by atoms with van der Waals surface area (Å²) in [6.45, 7) is 5.28. The highest BCUT2D eigenvalue weighted by Gasteiger charge is 2.28. The van der Waals surface area contributed by atoms with E-state index in [1.807, 2.05) is 6.92 Å². The molecule has 3 rings (SSSR count). The average molecular weight is 324 g/mol. The second-order valence-electron chi connectivity index (χ2n) is 6.23. The van der Waals surface area contributed by atoms with Crippen LogP contribution in [-0.4, -0.2) is 21.4 Å². The van der Waals surface area contributed by atoms with Crippen LogP contribution >= 0.6 is 0 Å². The maximum absolute atomic E-state index is 14.3. The number of aromatic nitrogens is 2. The lowest BCUT2D eigenvalue weighted by Crippen LogP contribution is -2.29. The maximum Gasteiger partial charge on any atom is 0.256 e. The molecule has 0 atom stereocenters. The van der Waals surface area contributed by atoms with Crippen molar-refractivity contribution in [3.05, 3.63) is 46.8 Å². The number of nitrogens with two attached hydrogens (primary N) is 1. The van der Waals surface area contributed by atoms with Crippen molar-refractivity contribution in [3.63, 3.8) is 0 Å². The summed E-state index contributed by atoms with van der Waals surface area (Å²) in [4.78, 5) is 19.4. The number of H-pyrrole nitrogens is 1. The first-order valence-electron chi connectivity index (χ1n) is 7.44. The van der Waals surface area contributed by atoms with E-state index in [4.69, 9.17) is 5.73 Å². The lowest BCUT2D eigenvalue weighted by atomic mass is 9.98. The van der Waals surface area contributed by atoms with Crippen LogP contribution in [0.1, 0.15) is 36.4 Å². The number of rotatable bonds is 1. The molecule has 6 heteroatoms. The fourth-order valence-electron chi connectivity index (χ4n) is 2.41. The van der Waals surface area contributed by atoms with E-state index in [2.05, 4.69) is 27.1 Å². The van der Waals surface area contributed by atoms with Gasteiger partial charge in [0.1, 0.15) is 5.82 Å². The van der Waals surface area contributed by atoms with Crippen LogP contribution in [-0.2, 0) is 4.79 Å². The van der Waals surface area contributed by atoms with Crippen LogP contribution in [0.4, 0.5) is 10.1 Å². The van der Waals surface area contributed by atoms with Gasteiger partial charge in [-0.05, 0) is 39.0 Å². The number of hydrogen-bond donors (Lipinski definition) is 3. The predicted molar refractivity (Wildman–Crippen MR) is 91.4 cm³/mol. The largest absolute Gasteiger partial charge is 0.345 e. The molecule has 5 nitrogen and oxygen atoms in total. The molecule has 1 aliphatic rings. The van der Waals surface area contributed by atoms with Crippen LogP contribution in [0, 0.1) is 24.6 Å². The van der Waals surface area contributed by atoms with Crippen molar-refractivity contribution in [1.29, 1.82) is 0 Å². The highest BCUT2D eigenvalue weighted by atomic mass is 19.1. The van der Waals surface area contributed by atoms with Crippen LogP contribution in [0.15, 0.2) is 18.5 Å². The van der Waals surface area contributed by atoms with E-state index >= 15 is 0 Å². The van der Waals surface area contributed by atoms with Gasteiger partial charge < -0.3 is 16.0 Å². The Morgan fingerprint density at radius 1 is 1.38 bits per heavy atom. The lowest BCUT2D eigenvalue weighted by Gasteiger charge is -2.09. The molecule has 2 aromatic rings. The second kappa shape index (κ2) is 5.62. The molecule has 1 amide bonds. The standard InChI is InChI=1S/C18H17FN4O/c1-10-15(22-9-21-10)8-12-16-11(6-7-18(2,3)20)13(19)4-5-14(16)23-17(12)24/h4-5,8-9H,20H2,1-3H3,(H,21,22)(H,23,24). The Kier molecular flexibility index (Phi) is 3.74. The number of nitrogens with one attached hydrogen (secondary N) is 2. The van der Waals surface area contributed by atoms with E-state index in [0.717, 1.165) is 5.69 Å². The van der Waals surface area contributed by atoms with Crippen molar-refractivity contribution in [2.75, 3.05) is 5.32 Å². The number of halogens is 1. The minimum atomic E-state index is -0.769. The molecule has 0 bridgehead atoms. The molecule has 0 saturated carbocycles. The molecule has 1 aliphatic heterocycles. The third-order valence-electron chi connectivity index (χ3n) is 3.58. The molecular formula is C18H17FN4O. The molecule has 2 heterocycles. The zero-order chi connectivity index (χ0) is 17.5. The zero-order valence-corrected chi connectivity index (χ0v) is 13.6. The summed E-state index contributed by atoms with van der Waals surface area (Å²) in [5, 5.41) is 2.74. The van der Waals surface area contributed by atoms with E-state index in [1.165, 1.54) is 12.1 Å². The smallest absolute Gasteiger partial charge is 0.256 e. The zero-order valence-electron chi connectivity index (χ0n) is 13.6. The van der Waals surface area contributed by atoms with Crippen molar-refractivity contribution >= 4 is 23.2 Å². The summed E-state index contributed by atoms with van der Waals surface area (Å²) < 4.78 is 14.3. The Hall–Kier alpha value is -2.91. The van der Waals surface area contributed by atoms with Crippen molar-refractivity contribution < 1.29 is 9.18 Å². The van der Waals surface area contributed by atoms with Gasteiger partial charge in [0.05, 0.1) is 40.1 Å². The van der Waals surface area contributed by atoms with E-state index in [0.29, 0.717) is 22.5 Å². The van der Waals surface area contributed by atoms with Crippen molar-refractivity contribution in [2.24, 2.45) is 5.73 Å². The summed E-state index contributed by atoms with van der Waals surface area (Å²) in [5.41, 5.74) is 8.02. The number of benzene rings is 1. The Morgan fingerprint density at radius 3 is 2.75 bits per heavy atom. The van der Waals surface area contributed by atoms with Gasteiger partial charge in [-0.3, -0.25) is 4.79 Å². The highest BCUT2D eigenvalue weighted by molar-refractivity contribution is 6.35. The molecular weight excluding hydrogens is 307 g/mol. The van der Waals surface area contributed by atoms with Gasteiger partial charge in [-0.1, -0.05) is 11.8 Å². The van der Waals surface area contributed by atoms with E-state index in [9.17, 15) is 9.18 Å². The molecule has 0 spiro atoms. The van der Waals surface area contributed by atoms with Gasteiger partial charge in [-0.25, -0.2) is 9.37 Å². The van der Waals surface area contributed by atoms with Crippen LogP contribution in [0.2, 0.25) is 0 Å². The third-order valence-corrected chi connectivity index (χ3v) is 3.58. The fraction of sp³-hybridized carbons (Fsp3) is 0.222. The first kappa shape index (κ1) is 16.0. The fourth-order valence-corrected chi connectivity index (χ4v) is 2.41. The molecule has 0 saturated heterocycles. The Balaban J connectivity index is 2.21. The molecule has 1 aromatic heterocycles. The van der Waals surface area contributed by atoms with Crippen LogP contribution in [0.25, 0.3) is 11.6 Å². The highest BCUT2D eigenvalue weighted by Crippen LogP contribution is 2.36. The van der Waals surface area contributed by atoms with Gasteiger partial charge in [0, 0.05) is 5.56 Å². The minimum absolute atomic E-state index is 0.160. The van der Waals surface area contributed by atoms with E-state index < -0.39 is 11.4 Å². The topological polar surface area (TPSA) is 83.8 Å². The number of aromatic amines is 1. The molecule has 0 fully saturated rings. The number of aryl methyl sites for hydroxylation is 1. The number of carbonyl (C=O) groups excluding carboxylic acids is 1. The van der Waals surface area contributed by atoms with Crippen molar-refractivity contribution in [2.45, 2.75) is 26.3 Å². The number of fused-ring (bicyclic) bond motifs is 1. The Labute approximate surface area is 139 Å². The van der Waals surface area contributed by atoms with E-state index in [-0.39, 0.29) is 11.5 Å². The second-order valence-corrected chi connectivity index (χ2v) is 6.23. The summed E-state index contributed by atoms with van der Waals surface area (Å²) in [7, 11) is 0. The SMILES string of the molecule is Cc1nc[nH]c1C=C1C(=O)Nc2ccc(F)c(C#CC(C)(C)N)c21. The van der Waals surface area contributed by atoms with Crippen LogP contribution in [0.3, 0.4) is 0 Å². The Bertz CT molecular complexity index is 923. The minimum Gasteiger partial charge on any atom is -0.345 e. The normalized spacial score (nSPS) is 15.0. The Morgan fingerprint density at radius 2 is 2.12 bits per heavy atom. The first-order valence-corrected chi connectivity index (χ1v) is 7.44. The van der Waals surface area contributed by atoms with Gasteiger partial charge in [0.15, 0.2) is 0 Å². The number of anilines is 1. The van der Waals surface area contributed by atoms with Crippen molar-refractivity contribution in [3.8, 4) is 11.8 Å². The predicted octanol–water partition coefficient (Wildman–Crippen LogP) is 2.44. The number of hydrogen-bond acceptors (Lipinski definition) is 3.